The highest BCUT2D eigenvalue weighted by Gasteiger charge is 2.20. The van der Waals surface area contributed by atoms with Gasteiger partial charge in [-0.3, -0.25) is 0 Å². The average molecular weight is 254 g/mol. The van der Waals surface area contributed by atoms with Crippen LogP contribution in [0.3, 0.4) is 0 Å². The first-order chi connectivity index (χ1) is 8.18. The molecule has 1 saturated carbocycles. The molecule has 1 aliphatic rings. The van der Waals surface area contributed by atoms with Crippen LogP contribution in [0.5, 0.6) is 0 Å². The first-order valence-electron chi connectivity index (χ1n) is 5.87. The number of carbonyl (C=O) groups is 1. The number of carboxylic acids is 1. The van der Waals surface area contributed by atoms with Gasteiger partial charge in [0.15, 0.2) is 0 Å². The van der Waals surface area contributed by atoms with Gasteiger partial charge >= 0.3 is 5.97 Å². The topological polar surface area (TPSA) is 37.3 Å². The van der Waals surface area contributed by atoms with Crippen molar-refractivity contribution in [3.8, 4) is 0 Å². The van der Waals surface area contributed by atoms with Crippen LogP contribution in [-0.2, 0) is 0 Å². The van der Waals surface area contributed by atoms with Gasteiger partial charge in [-0.15, -0.1) is 11.8 Å². The van der Waals surface area contributed by atoms with Gasteiger partial charge < -0.3 is 5.11 Å². The van der Waals surface area contributed by atoms with E-state index >= 15 is 0 Å². The second-order valence-electron chi connectivity index (χ2n) is 4.30. The summed E-state index contributed by atoms with van der Waals surface area (Å²) in [6.45, 7) is 0. The van der Waals surface area contributed by atoms with Crippen molar-refractivity contribution in [3.05, 3.63) is 29.6 Å². The average Bonchev–Trinajstić information content (AvgIpc) is 2.33. The van der Waals surface area contributed by atoms with Crippen molar-refractivity contribution in [2.24, 2.45) is 0 Å². The highest BCUT2D eigenvalue weighted by atomic mass is 32.2. The molecule has 2 nitrogen and oxygen atoms in total. The van der Waals surface area contributed by atoms with Gasteiger partial charge in [0.1, 0.15) is 5.82 Å². The van der Waals surface area contributed by atoms with Crippen molar-refractivity contribution in [1.82, 2.24) is 0 Å². The Morgan fingerprint density at radius 2 is 2.00 bits per heavy atom. The standard InChI is InChI=1S/C13H15FO2S/c14-11-8-4-7-10(13(15)16)12(11)17-9-5-2-1-3-6-9/h4,7-9H,1-3,5-6H2,(H,15,16). The fraction of sp³-hybridized carbons (Fsp3) is 0.462. The number of benzene rings is 1. The molecule has 17 heavy (non-hydrogen) atoms. The molecule has 4 heteroatoms. The molecule has 0 radical (unpaired) electrons. The molecule has 0 aliphatic heterocycles. The van der Waals surface area contributed by atoms with Gasteiger partial charge in [0.05, 0.1) is 10.5 Å². The lowest BCUT2D eigenvalue weighted by Gasteiger charge is -2.21. The van der Waals surface area contributed by atoms with Gasteiger partial charge in [0.25, 0.3) is 0 Å². The molecular weight excluding hydrogens is 239 g/mol. The summed E-state index contributed by atoms with van der Waals surface area (Å²) < 4.78 is 13.7. The van der Waals surface area contributed by atoms with E-state index in [0.29, 0.717) is 10.1 Å². The Morgan fingerprint density at radius 1 is 1.29 bits per heavy atom. The predicted molar refractivity (Wildman–Crippen MR) is 66.1 cm³/mol. The Morgan fingerprint density at radius 3 is 2.65 bits per heavy atom. The van der Waals surface area contributed by atoms with Crippen LogP contribution in [-0.4, -0.2) is 16.3 Å². The molecule has 0 saturated heterocycles. The van der Waals surface area contributed by atoms with Gasteiger partial charge in [-0.1, -0.05) is 25.3 Å². The van der Waals surface area contributed by atoms with Crippen molar-refractivity contribution >= 4 is 17.7 Å². The number of rotatable bonds is 3. The minimum atomic E-state index is -1.05. The molecule has 0 bridgehead atoms. The number of hydrogen-bond donors (Lipinski definition) is 1. The monoisotopic (exact) mass is 254 g/mol. The second-order valence-corrected chi connectivity index (χ2v) is 5.61. The number of hydrogen-bond acceptors (Lipinski definition) is 2. The van der Waals surface area contributed by atoms with E-state index in [4.69, 9.17) is 5.11 Å². The van der Waals surface area contributed by atoms with Crippen LogP contribution in [0.15, 0.2) is 23.1 Å². The molecule has 0 heterocycles. The second kappa shape index (κ2) is 5.54. The molecule has 1 aromatic rings. The molecule has 1 aliphatic carbocycles. The minimum absolute atomic E-state index is 0.0839. The van der Waals surface area contributed by atoms with Crippen molar-refractivity contribution in [2.75, 3.05) is 0 Å². The minimum Gasteiger partial charge on any atom is -0.478 e. The molecule has 1 aromatic carbocycles. The highest BCUT2D eigenvalue weighted by molar-refractivity contribution is 8.00. The molecule has 1 N–H and O–H groups in total. The maximum absolute atomic E-state index is 13.7. The summed E-state index contributed by atoms with van der Waals surface area (Å²) in [5.41, 5.74) is 0.0839. The molecule has 2 rings (SSSR count). The number of carboxylic acid groups (broad SMARTS) is 1. The zero-order valence-electron chi connectivity index (χ0n) is 9.49. The van der Waals surface area contributed by atoms with E-state index in [1.807, 2.05) is 0 Å². The van der Waals surface area contributed by atoms with Crippen LogP contribution in [0.1, 0.15) is 42.5 Å². The third kappa shape index (κ3) is 3.00. The van der Waals surface area contributed by atoms with Crippen molar-refractivity contribution < 1.29 is 14.3 Å². The van der Waals surface area contributed by atoms with E-state index in [2.05, 4.69) is 0 Å². The first kappa shape index (κ1) is 12.4. The van der Waals surface area contributed by atoms with E-state index in [1.54, 1.807) is 0 Å². The van der Waals surface area contributed by atoms with Gasteiger partial charge in [-0.05, 0) is 25.0 Å². The fourth-order valence-electron chi connectivity index (χ4n) is 2.15. The summed E-state index contributed by atoms with van der Waals surface area (Å²) in [6.07, 6.45) is 5.67. The van der Waals surface area contributed by atoms with Crippen LogP contribution < -0.4 is 0 Å². The third-order valence-electron chi connectivity index (χ3n) is 3.03. The lowest BCUT2D eigenvalue weighted by Crippen LogP contribution is -2.10. The summed E-state index contributed by atoms with van der Waals surface area (Å²) in [5.74, 6) is -1.47. The van der Waals surface area contributed by atoms with Gasteiger partial charge in [0, 0.05) is 5.25 Å². The molecule has 0 atom stereocenters. The largest absolute Gasteiger partial charge is 0.478 e. The van der Waals surface area contributed by atoms with Crippen LogP contribution in [0.25, 0.3) is 0 Å². The quantitative estimate of drug-likeness (QED) is 0.887. The first-order valence-corrected chi connectivity index (χ1v) is 6.75. The Bertz CT molecular complexity index is 414. The Labute approximate surface area is 104 Å². The summed E-state index contributed by atoms with van der Waals surface area (Å²) >= 11 is 1.39. The van der Waals surface area contributed by atoms with Crippen molar-refractivity contribution in [1.29, 1.82) is 0 Å². The molecular formula is C13H15FO2S. The highest BCUT2D eigenvalue weighted by Crippen LogP contribution is 2.36. The smallest absolute Gasteiger partial charge is 0.336 e. The summed E-state index contributed by atoms with van der Waals surface area (Å²) in [7, 11) is 0. The van der Waals surface area contributed by atoms with Crippen molar-refractivity contribution in [3.63, 3.8) is 0 Å². The van der Waals surface area contributed by atoms with Crippen LogP contribution >= 0.6 is 11.8 Å². The molecule has 0 spiro atoms. The molecule has 0 unspecified atom stereocenters. The van der Waals surface area contributed by atoms with E-state index in [1.165, 1.54) is 36.4 Å². The SMILES string of the molecule is O=C(O)c1cccc(F)c1SC1CCCCC1. The lowest BCUT2D eigenvalue weighted by atomic mass is 10.0. The number of halogens is 1. The summed E-state index contributed by atoms with van der Waals surface area (Å²) in [5, 5.41) is 9.40. The zero-order chi connectivity index (χ0) is 12.3. The molecule has 1 fully saturated rings. The van der Waals surface area contributed by atoms with E-state index in [0.717, 1.165) is 25.7 Å². The number of aromatic carboxylic acids is 1. The van der Waals surface area contributed by atoms with Gasteiger partial charge in [-0.25, -0.2) is 9.18 Å². The Hall–Kier alpha value is -1.03. The maximum atomic E-state index is 13.7. The van der Waals surface area contributed by atoms with Crippen LogP contribution in [0.4, 0.5) is 4.39 Å². The Balaban J connectivity index is 2.21. The van der Waals surface area contributed by atoms with E-state index < -0.39 is 11.8 Å². The van der Waals surface area contributed by atoms with Crippen LogP contribution in [0.2, 0.25) is 0 Å². The normalized spacial score (nSPS) is 17.0. The van der Waals surface area contributed by atoms with Gasteiger partial charge in [-0.2, -0.15) is 0 Å². The fourth-order valence-corrected chi connectivity index (χ4v) is 3.51. The Kier molecular flexibility index (Phi) is 4.05. The molecule has 92 valence electrons. The third-order valence-corrected chi connectivity index (χ3v) is 4.49. The van der Waals surface area contributed by atoms with E-state index in [9.17, 15) is 9.18 Å². The maximum Gasteiger partial charge on any atom is 0.336 e. The van der Waals surface area contributed by atoms with E-state index in [-0.39, 0.29) is 5.56 Å². The molecule has 0 aromatic heterocycles. The predicted octanol–water partition coefficient (Wildman–Crippen LogP) is 3.95. The lowest BCUT2D eigenvalue weighted by molar-refractivity contribution is 0.0692. The summed E-state index contributed by atoms with van der Waals surface area (Å²) in [4.78, 5) is 11.3. The van der Waals surface area contributed by atoms with Gasteiger partial charge in [0.2, 0.25) is 0 Å². The van der Waals surface area contributed by atoms with Crippen molar-refractivity contribution in [2.45, 2.75) is 42.2 Å². The zero-order valence-corrected chi connectivity index (χ0v) is 10.3. The molecule has 0 amide bonds. The summed E-state index contributed by atoms with van der Waals surface area (Å²) in [6, 6.07) is 4.25. The van der Waals surface area contributed by atoms with Crippen LogP contribution in [0, 0.1) is 5.82 Å². The number of thioether (sulfide) groups is 1.